The third-order valence-electron chi connectivity index (χ3n) is 1.86. The van der Waals surface area contributed by atoms with E-state index in [-0.39, 0.29) is 5.82 Å². The maximum absolute atomic E-state index is 13.0. The van der Waals surface area contributed by atoms with Crippen LogP contribution in [0.15, 0.2) is 36.7 Å². The molecule has 1 N–H and O–H groups in total. The number of nitrogens with one attached hydrogen (secondary N) is 1. The van der Waals surface area contributed by atoms with Crippen LogP contribution in [0.4, 0.5) is 4.39 Å². The average molecular weight is 176 g/mol. The van der Waals surface area contributed by atoms with Crippen LogP contribution in [0.25, 0.3) is 0 Å². The fourth-order valence-corrected chi connectivity index (χ4v) is 1.20. The lowest BCUT2D eigenvalue weighted by atomic mass is 10.2. The van der Waals surface area contributed by atoms with Crippen LogP contribution in [0.3, 0.4) is 0 Å². The number of aromatic nitrogens is 2. The molecule has 2 heterocycles. The van der Waals surface area contributed by atoms with Gasteiger partial charge in [0.15, 0.2) is 0 Å². The summed E-state index contributed by atoms with van der Waals surface area (Å²) in [6.07, 6.45) is 3.81. The minimum Gasteiger partial charge on any atom is -0.362 e. The lowest BCUT2D eigenvalue weighted by molar-refractivity contribution is 0.614. The normalized spacial score (nSPS) is 10.2. The molecule has 0 aliphatic carbocycles. The molecule has 0 aromatic carbocycles. The first-order valence-electron chi connectivity index (χ1n) is 4.08. The highest BCUT2D eigenvalue weighted by Crippen LogP contribution is 2.08. The number of aromatic amines is 1. The largest absolute Gasteiger partial charge is 0.362 e. The Morgan fingerprint density at radius 2 is 2.23 bits per heavy atom. The Labute approximate surface area is 75.4 Å². The van der Waals surface area contributed by atoms with Gasteiger partial charge in [-0.15, -0.1) is 0 Å². The van der Waals surface area contributed by atoms with Crippen molar-refractivity contribution in [3.8, 4) is 0 Å². The number of hydrogen-bond donors (Lipinski definition) is 1. The first kappa shape index (κ1) is 7.98. The fraction of sp³-hybridized carbons (Fsp3) is 0.100. The maximum Gasteiger partial charge on any atom is 0.144 e. The summed E-state index contributed by atoms with van der Waals surface area (Å²) in [5.41, 5.74) is 1.45. The van der Waals surface area contributed by atoms with Gasteiger partial charge in [-0.3, -0.25) is 4.98 Å². The Balaban J connectivity index is 2.20. The van der Waals surface area contributed by atoms with Gasteiger partial charge in [0.05, 0.1) is 5.69 Å². The van der Waals surface area contributed by atoms with Crippen LogP contribution in [-0.2, 0) is 6.42 Å². The Morgan fingerprint density at radius 3 is 2.85 bits per heavy atom. The van der Waals surface area contributed by atoms with E-state index in [0.717, 1.165) is 5.69 Å². The fourth-order valence-electron chi connectivity index (χ4n) is 1.20. The molecule has 0 aliphatic heterocycles. The van der Waals surface area contributed by atoms with Crippen LogP contribution >= 0.6 is 0 Å². The number of rotatable bonds is 2. The average Bonchev–Trinajstić information content (AvgIpc) is 2.54. The van der Waals surface area contributed by atoms with Crippen molar-refractivity contribution in [2.45, 2.75) is 6.42 Å². The number of pyridine rings is 1. The first-order valence-corrected chi connectivity index (χ1v) is 4.08. The van der Waals surface area contributed by atoms with Crippen molar-refractivity contribution < 1.29 is 4.39 Å². The Bertz CT molecular complexity index is 381. The van der Waals surface area contributed by atoms with Gasteiger partial charge < -0.3 is 4.98 Å². The van der Waals surface area contributed by atoms with E-state index in [1.807, 2.05) is 18.2 Å². The molecule has 0 atom stereocenters. The highest BCUT2D eigenvalue weighted by molar-refractivity contribution is 5.16. The predicted octanol–water partition coefficient (Wildman–Crippen LogP) is 2.14. The van der Waals surface area contributed by atoms with Gasteiger partial charge in [0, 0.05) is 24.5 Å². The number of halogens is 1. The molecule has 0 bridgehead atoms. The Hall–Kier alpha value is -1.64. The molecule has 0 unspecified atom stereocenters. The molecular weight excluding hydrogens is 167 g/mol. The highest BCUT2D eigenvalue weighted by Gasteiger charge is 2.03. The molecule has 0 fully saturated rings. The zero-order valence-electron chi connectivity index (χ0n) is 7.00. The van der Waals surface area contributed by atoms with Gasteiger partial charge >= 0.3 is 0 Å². The van der Waals surface area contributed by atoms with E-state index in [2.05, 4.69) is 9.97 Å². The minimum absolute atomic E-state index is 0.203. The standard InChI is InChI=1S/C10H9FN2/c11-9-4-6-13-10(9)7-8-3-1-2-5-12-8/h1-6,13H,7H2. The third-order valence-corrected chi connectivity index (χ3v) is 1.86. The molecule has 2 rings (SSSR count). The van der Waals surface area contributed by atoms with Gasteiger partial charge in [0.1, 0.15) is 5.82 Å². The number of H-pyrrole nitrogens is 1. The van der Waals surface area contributed by atoms with E-state index < -0.39 is 0 Å². The zero-order valence-corrected chi connectivity index (χ0v) is 7.00. The van der Waals surface area contributed by atoms with E-state index >= 15 is 0 Å². The monoisotopic (exact) mass is 176 g/mol. The first-order chi connectivity index (χ1) is 6.36. The van der Waals surface area contributed by atoms with Crippen LogP contribution in [0.5, 0.6) is 0 Å². The molecule has 0 amide bonds. The van der Waals surface area contributed by atoms with Crippen molar-refractivity contribution in [2.75, 3.05) is 0 Å². The summed E-state index contributed by atoms with van der Waals surface area (Å²) in [6.45, 7) is 0. The van der Waals surface area contributed by atoms with Crippen molar-refractivity contribution in [1.82, 2.24) is 9.97 Å². The topological polar surface area (TPSA) is 28.7 Å². The second-order valence-electron chi connectivity index (χ2n) is 2.80. The van der Waals surface area contributed by atoms with Crippen LogP contribution in [0.1, 0.15) is 11.4 Å². The smallest absolute Gasteiger partial charge is 0.144 e. The summed E-state index contributed by atoms with van der Waals surface area (Å²) < 4.78 is 13.0. The molecule has 0 saturated heterocycles. The second-order valence-corrected chi connectivity index (χ2v) is 2.80. The molecule has 2 aromatic heterocycles. The van der Waals surface area contributed by atoms with E-state index in [0.29, 0.717) is 12.1 Å². The third kappa shape index (κ3) is 1.75. The van der Waals surface area contributed by atoms with Crippen LogP contribution in [-0.4, -0.2) is 9.97 Å². The molecule has 66 valence electrons. The van der Waals surface area contributed by atoms with Crippen LogP contribution < -0.4 is 0 Å². The molecule has 3 heteroatoms. The van der Waals surface area contributed by atoms with Crippen molar-refractivity contribution in [3.05, 3.63) is 53.9 Å². The maximum atomic E-state index is 13.0. The van der Waals surface area contributed by atoms with Gasteiger partial charge in [0.2, 0.25) is 0 Å². The summed E-state index contributed by atoms with van der Waals surface area (Å²) >= 11 is 0. The molecule has 2 aromatic rings. The van der Waals surface area contributed by atoms with Crippen LogP contribution in [0, 0.1) is 5.82 Å². The lowest BCUT2D eigenvalue weighted by Gasteiger charge is -1.97. The van der Waals surface area contributed by atoms with Gasteiger partial charge in [0.25, 0.3) is 0 Å². The molecule has 2 nitrogen and oxygen atoms in total. The second kappa shape index (κ2) is 3.39. The quantitative estimate of drug-likeness (QED) is 0.746. The molecule has 0 aliphatic rings. The molecular formula is C10H9FN2. The van der Waals surface area contributed by atoms with Gasteiger partial charge in [-0.05, 0) is 18.2 Å². The summed E-state index contributed by atoms with van der Waals surface area (Å²) in [5, 5.41) is 0. The lowest BCUT2D eigenvalue weighted by Crippen LogP contribution is -1.93. The zero-order chi connectivity index (χ0) is 9.10. The number of hydrogen-bond acceptors (Lipinski definition) is 1. The summed E-state index contributed by atoms with van der Waals surface area (Å²) in [7, 11) is 0. The molecule has 0 spiro atoms. The highest BCUT2D eigenvalue weighted by atomic mass is 19.1. The van der Waals surface area contributed by atoms with Gasteiger partial charge in [-0.1, -0.05) is 6.07 Å². The van der Waals surface area contributed by atoms with Crippen molar-refractivity contribution in [1.29, 1.82) is 0 Å². The SMILES string of the molecule is Fc1cc[nH]c1Cc1ccccn1. The summed E-state index contributed by atoms with van der Waals surface area (Å²) in [6, 6.07) is 7.02. The summed E-state index contributed by atoms with van der Waals surface area (Å²) in [5.74, 6) is -0.203. The Kier molecular flexibility index (Phi) is 2.08. The van der Waals surface area contributed by atoms with Gasteiger partial charge in [-0.2, -0.15) is 0 Å². The summed E-state index contributed by atoms with van der Waals surface area (Å²) in [4.78, 5) is 6.95. The molecule has 0 radical (unpaired) electrons. The van der Waals surface area contributed by atoms with E-state index in [1.54, 1.807) is 12.4 Å². The number of nitrogens with zero attached hydrogens (tertiary/aromatic N) is 1. The van der Waals surface area contributed by atoms with Crippen molar-refractivity contribution in [3.63, 3.8) is 0 Å². The van der Waals surface area contributed by atoms with Gasteiger partial charge in [-0.25, -0.2) is 4.39 Å². The molecule has 13 heavy (non-hydrogen) atoms. The van der Waals surface area contributed by atoms with E-state index in [1.165, 1.54) is 6.07 Å². The van der Waals surface area contributed by atoms with Crippen LogP contribution in [0.2, 0.25) is 0 Å². The van der Waals surface area contributed by atoms with Crippen molar-refractivity contribution in [2.24, 2.45) is 0 Å². The predicted molar refractivity (Wildman–Crippen MR) is 47.8 cm³/mol. The Morgan fingerprint density at radius 1 is 1.31 bits per heavy atom. The molecule has 0 saturated carbocycles. The van der Waals surface area contributed by atoms with E-state index in [4.69, 9.17) is 0 Å². The van der Waals surface area contributed by atoms with E-state index in [9.17, 15) is 4.39 Å². The van der Waals surface area contributed by atoms with Crippen molar-refractivity contribution >= 4 is 0 Å². The minimum atomic E-state index is -0.203.